The van der Waals surface area contributed by atoms with E-state index in [9.17, 15) is 5.11 Å². The molecule has 0 atom stereocenters. The molecule has 2 heterocycles. The van der Waals surface area contributed by atoms with Gasteiger partial charge in [0.15, 0.2) is 5.82 Å². The second kappa shape index (κ2) is 5.88. The second-order valence-corrected chi connectivity index (χ2v) is 5.78. The van der Waals surface area contributed by atoms with Gasteiger partial charge in [0.2, 0.25) is 5.95 Å². The molecule has 6 nitrogen and oxygen atoms in total. The van der Waals surface area contributed by atoms with Gasteiger partial charge in [-0.05, 0) is 45.7 Å². The highest BCUT2D eigenvalue weighted by atomic mass is 16.3. The van der Waals surface area contributed by atoms with Crippen LogP contribution in [0.4, 0.5) is 5.95 Å². The molecule has 0 spiro atoms. The molecule has 1 aliphatic heterocycles. The number of aliphatic hydroxyl groups is 1. The lowest BCUT2D eigenvalue weighted by atomic mass is 9.97. The minimum absolute atomic E-state index is 0.525. The third kappa shape index (κ3) is 3.67. The summed E-state index contributed by atoms with van der Waals surface area (Å²) >= 11 is 0. The van der Waals surface area contributed by atoms with Crippen molar-refractivity contribution in [2.24, 2.45) is 5.92 Å². The molecule has 0 radical (unpaired) electrons. The van der Waals surface area contributed by atoms with Crippen LogP contribution in [0, 0.1) is 5.92 Å². The molecule has 108 valence electrons. The Morgan fingerprint density at radius 3 is 2.63 bits per heavy atom. The van der Waals surface area contributed by atoms with Gasteiger partial charge in [-0.1, -0.05) is 6.92 Å². The molecule has 1 aliphatic rings. The lowest BCUT2D eigenvalue weighted by Gasteiger charge is -2.31. The summed E-state index contributed by atoms with van der Waals surface area (Å²) in [5.41, 5.74) is -0.964. The van der Waals surface area contributed by atoms with Crippen molar-refractivity contribution in [1.29, 1.82) is 0 Å². The van der Waals surface area contributed by atoms with E-state index in [1.807, 2.05) is 0 Å². The Bertz CT molecular complexity index is 390. The van der Waals surface area contributed by atoms with E-state index in [-0.39, 0.29) is 0 Å². The van der Waals surface area contributed by atoms with Crippen molar-refractivity contribution in [1.82, 2.24) is 20.5 Å². The summed E-state index contributed by atoms with van der Waals surface area (Å²) in [5, 5.41) is 20.3. The van der Waals surface area contributed by atoms with Crippen molar-refractivity contribution in [3.8, 4) is 0 Å². The summed E-state index contributed by atoms with van der Waals surface area (Å²) in [6.45, 7) is 9.67. The quantitative estimate of drug-likeness (QED) is 0.737. The standard InChI is InChI=1S/C13H25N5O/c1-4-14-9-10-5-7-18(8-6-10)12-15-11(16-17-12)13(2,3)19/h10,14,19H,4-9H2,1-3H3,(H,15,16,17). The van der Waals surface area contributed by atoms with E-state index < -0.39 is 5.60 Å². The fraction of sp³-hybridized carbons (Fsp3) is 0.846. The fourth-order valence-corrected chi connectivity index (χ4v) is 2.35. The van der Waals surface area contributed by atoms with Crippen LogP contribution in [0.1, 0.15) is 39.4 Å². The topological polar surface area (TPSA) is 77.1 Å². The van der Waals surface area contributed by atoms with E-state index in [2.05, 4.69) is 32.3 Å². The Morgan fingerprint density at radius 2 is 2.11 bits per heavy atom. The largest absolute Gasteiger partial charge is 0.382 e. The van der Waals surface area contributed by atoms with Crippen LogP contribution in [0.2, 0.25) is 0 Å². The summed E-state index contributed by atoms with van der Waals surface area (Å²) in [4.78, 5) is 6.57. The summed E-state index contributed by atoms with van der Waals surface area (Å²) < 4.78 is 0. The molecule has 1 aromatic rings. The van der Waals surface area contributed by atoms with Gasteiger partial charge in [0.25, 0.3) is 0 Å². The van der Waals surface area contributed by atoms with Gasteiger partial charge in [-0.3, -0.25) is 5.10 Å². The predicted molar refractivity (Wildman–Crippen MR) is 75.1 cm³/mol. The predicted octanol–water partition coefficient (Wildman–Crippen LogP) is 0.858. The fourth-order valence-electron chi connectivity index (χ4n) is 2.35. The minimum Gasteiger partial charge on any atom is -0.382 e. The van der Waals surface area contributed by atoms with Crippen molar-refractivity contribution < 1.29 is 5.11 Å². The lowest BCUT2D eigenvalue weighted by Crippen LogP contribution is -2.37. The maximum absolute atomic E-state index is 9.88. The zero-order valence-electron chi connectivity index (χ0n) is 12.1. The highest BCUT2D eigenvalue weighted by molar-refractivity contribution is 5.30. The van der Waals surface area contributed by atoms with Crippen LogP contribution < -0.4 is 10.2 Å². The highest BCUT2D eigenvalue weighted by Gasteiger charge is 2.25. The Labute approximate surface area is 114 Å². The highest BCUT2D eigenvalue weighted by Crippen LogP contribution is 2.22. The molecule has 0 bridgehead atoms. The van der Waals surface area contributed by atoms with Gasteiger partial charge in [0, 0.05) is 13.1 Å². The molecule has 0 aromatic carbocycles. The molecule has 1 saturated heterocycles. The molecular weight excluding hydrogens is 242 g/mol. The molecule has 0 unspecified atom stereocenters. The number of hydrogen-bond acceptors (Lipinski definition) is 5. The van der Waals surface area contributed by atoms with Crippen molar-refractivity contribution in [2.75, 3.05) is 31.1 Å². The number of aromatic nitrogens is 3. The van der Waals surface area contributed by atoms with E-state index in [4.69, 9.17) is 0 Å². The van der Waals surface area contributed by atoms with Gasteiger partial charge < -0.3 is 15.3 Å². The minimum atomic E-state index is -0.964. The maximum Gasteiger partial charge on any atom is 0.244 e. The Kier molecular flexibility index (Phi) is 4.42. The third-order valence-electron chi connectivity index (χ3n) is 3.63. The number of H-pyrrole nitrogens is 1. The van der Waals surface area contributed by atoms with E-state index in [0.29, 0.717) is 11.8 Å². The van der Waals surface area contributed by atoms with Crippen LogP contribution in [-0.2, 0) is 5.60 Å². The first-order valence-corrected chi connectivity index (χ1v) is 7.11. The van der Waals surface area contributed by atoms with Crippen LogP contribution >= 0.6 is 0 Å². The molecule has 1 fully saturated rings. The molecule has 0 aliphatic carbocycles. The van der Waals surface area contributed by atoms with Crippen molar-refractivity contribution >= 4 is 5.95 Å². The zero-order chi connectivity index (χ0) is 13.9. The van der Waals surface area contributed by atoms with Gasteiger partial charge >= 0.3 is 0 Å². The number of hydrogen-bond donors (Lipinski definition) is 3. The van der Waals surface area contributed by atoms with Crippen molar-refractivity contribution in [3.05, 3.63) is 5.82 Å². The monoisotopic (exact) mass is 267 g/mol. The van der Waals surface area contributed by atoms with Gasteiger partial charge in [-0.25, -0.2) is 0 Å². The Hall–Kier alpha value is -1.14. The van der Waals surface area contributed by atoms with Crippen molar-refractivity contribution in [3.63, 3.8) is 0 Å². The lowest BCUT2D eigenvalue weighted by molar-refractivity contribution is 0.0691. The maximum atomic E-state index is 9.88. The van der Waals surface area contributed by atoms with E-state index in [1.165, 1.54) is 12.8 Å². The number of anilines is 1. The van der Waals surface area contributed by atoms with E-state index in [0.717, 1.165) is 32.1 Å². The van der Waals surface area contributed by atoms with Gasteiger partial charge in [-0.2, -0.15) is 4.98 Å². The van der Waals surface area contributed by atoms with Crippen LogP contribution in [0.25, 0.3) is 0 Å². The van der Waals surface area contributed by atoms with Gasteiger partial charge in [0.1, 0.15) is 5.60 Å². The summed E-state index contributed by atoms with van der Waals surface area (Å²) in [6, 6.07) is 0. The molecule has 19 heavy (non-hydrogen) atoms. The number of aromatic amines is 1. The van der Waals surface area contributed by atoms with E-state index in [1.54, 1.807) is 13.8 Å². The third-order valence-corrected chi connectivity index (χ3v) is 3.63. The average Bonchev–Trinajstić information content (AvgIpc) is 2.86. The smallest absolute Gasteiger partial charge is 0.244 e. The molecule has 2 rings (SSSR count). The summed E-state index contributed by atoms with van der Waals surface area (Å²) in [5.74, 6) is 1.99. The van der Waals surface area contributed by atoms with Gasteiger partial charge in [0.05, 0.1) is 0 Å². The first kappa shape index (κ1) is 14.3. The van der Waals surface area contributed by atoms with Gasteiger partial charge in [-0.15, -0.1) is 5.10 Å². The summed E-state index contributed by atoms with van der Waals surface area (Å²) in [6.07, 6.45) is 2.33. The number of piperidine rings is 1. The second-order valence-electron chi connectivity index (χ2n) is 5.78. The number of rotatable bonds is 5. The SMILES string of the molecule is CCNCC1CCN(c2n[nH]c(C(C)(C)O)n2)CC1. The molecule has 1 aromatic heterocycles. The van der Waals surface area contributed by atoms with Crippen LogP contribution in [-0.4, -0.2) is 46.5 Å². The zero-order valence-corrected chi connectivity index (χ0v) is 12.1. The first-order valence-electron chi connectivity index (χ1n) is 7.11. The van der Waals surface area contributed by atoms with Crippen LogP contribution in [0.15, 0.2) is 0 Å². The number of nitrogens with zero attached hydrogens (tertiary/aromatic N) is 3. The molecule has 0 amide bonds. The molecule has 6 heteroatoms. The molecule has 3 N–H and O–H groups in total. The normalized spacial score (nSPS) is 18.0. The Balaban J connectivity index is 1.89. The summed E-state index contributed by atoms with van der Waals surface area (Å²) in [7, 11) is 0. The molecular formula is C13H25N5O. The molecule has 0 saturated carbocycles. The number of nitrogens with one attached hydrogen (secondary N) is 2. The average molecular weight is 267 g/mol. The Morgan fingerprint density at radius 1 is 1.42 bits per heavy atom. The van der Waals surface area contributed by atoms with Crippen LogP contribution in [0.3, 0.4) is 0 Å². The van der Waals surface area contributed by atoms with Crippen LogP contribution in [0.5, 0.6) is 0 Å². The van der Waals surface area contributed by atoms with Crippen molar-refractivity contribution in [2.45, 2.75) is 39.2 Å². The van der Waals surface area contributed by atoms with E-state index >= 15 is 0 Å². The first-order chi connectivity index (χ1) is 9.00.